The molecule has 0 aliphatic heterocycles. The number of tetrazole rings is 1. The molecule has 0 fully saturated rings. The van der Waals surface area contributed by atoms with Gasteiger partial charge in [0.25, 0.3) is 5.91 Å². The Bertz CT molecular complexity index is 1070. The van der Waals surface area contributed by atoms with E-state index in [0.29, 0.717) is 18.7 Å². The van der Waals surface area contributed by atoms with Crippen molar-refractivity contribution in [3.05, 3.63) is 107 Å². The fraction of sp³-hybridized carbons (Fsp3) is 0.200. The Kier molecular flexibility index (Phi) is 6.47. The molecule has 0 unspecified atom stereocenters. The van der Waals surface area contributed by atoms with Gasteiger partial charge in [0.15, 0.2) is 0 Å². The Hall–Kier alpha value is -3.80. The molecule has 0 radical (unpaired) electrons. The molecule has 4 aromatic rings. The van der Waals surface area contributed by atoms with Crippen LogP contribution in [0.3, 0.4) is 0 Å². The average molecular weight is 412 g/mol. The van der Waals surface area contributed by atoms with Gasteiger partial charge in [-0.15, -0.1) is 5.10 Å². The summed E-state index contributed by atoms with van der Waals surface area (Å²) in [6, 6.07) is 26.2. The molecule has 0 bridgehead atoms. The lowest BCUT2D eigenvalue weighted by Gasteiger charge is -2.23. The molecule has 1 amide bonds. The van der Waals surface area contributed by atoms with Gasteiger partial charge in [0, 0.05) is 18.7 Å². The van der Waals surface area contributed by atoms with Crippen LogP contribution in [0, 0.1) is 6.92 Å². The number of hydrogen-bond donors (Lipinski definition) is 0. The molecule has 0 N–H and O–H groups in total. The van der Waals surface area contributed by atoms with E-state index in [1.165, 1.54) is 11.1 Å². The molecule has 1 aromatic heterocycles. The number of aryl methyl sites for hydroxylation is 1. The van der Waals surface area contributed by atoms with Crippen LogP contribution in [0.25, 0.3) is 5.69 Å². The van der Waals surface area contributed by atoms with Crippen LogP contribution in [0.2, 0.25) is 0 Å². The molecule has 31 heavy (non-hydrogen) atoms. The van der Waals surface area contributed by atoms with Gasteiger partial charge in [0.05, 0.1) is 5.69 Å². The number of nitrogens with zero attached hydrogens (tertiary/aromatic N) is 5. The summed E-state index contributed by atoms with van der Waals surface area (Å²) < 4.78 is 1.60. The molecule has 0 saturated carbocycles. The topological polar surface area (TPSA) is 63.9 Å². The van der Waals surface area contributed by atoms with Gasteiger partial charge in [0.1, 0.15) is 6.33 Å². The first-order chi connectivity index (χ1) is 15.2. The maximum Gasteiger partial charge on any atom is 0.253 e. The summed E-state index contributed by atoms with van der Waals surface area (Å²) in [6.07, 6.45) is 3.20. The predicted molar refractivity (Wildman–Crippen MR) is 120 cm³/mol. The van der Waals surface area contributed by atoms with Crippen molar-refractivity contribution in [1.82, 2.24) is 25.1 Å². The zero-order valence-electron chi connectivity index (χ0n) is 17.6. The minimum Gasteiger partial charge on any atom is -0.338 e. The fourth-order valence-electron chi connectivity index (χ4n) is 3.63. The molecular formula is C25H25N5O. The zero-order chi connectivity index (χ0) is 21.5. The monoisotopic (exact) mass is 411 g/mol. The van der Waals surface area contributed by atoms with E-state index >= 15 is 0 Å². The number of amides is 1. The minimum atomic E-state index is 0.0400. The van der Waals surface area contributed by atoms with E-state index in [1.54, 1.807) is 11.0 Å². The first kappa shape index (κ1) is 20.5. The van der Waals surface area contributed by atoms with Crippen molar-refractivity contribution in [3.8, 4) is 5.69 Å². The number of benzene rings is 3. The Morgan fingerprint density at radius 2 is 1.48 bits per heavy atom. The van der Waals surface area contributed by atoms with Crippen molar-refractivity contribution in [1.29, 1.82) is 0 Å². The number of hydrogen-bond acceptors (Lipinski definition) is 4. The van der Waals surface area contributed by atoms with E-state index in [-0.39, 0.29) is 5.91 Å². The van der Waals surface area contributed by atoms with Crippen LogP contribution in [0.5, 0.6) is 0 Å². The fourth-order valence-corrected chi connectivity index (χ4v) is 3.63. The Morgan fingerprint density at radius 1 is 0.871 bits per heavy atom. The van der Waals surface area contributed by atoms with Gasteiger partial charge in [-0.25, -0.2) is 4.68 Å². The Balaban J connectivity index is 1.52. The van der Waals surface area contributed by atoms with Gasteiger partial charge in [0.2, 0.25) is 0 Å². The van der Waals surface area contributed by atoms with Crippen molar-refractivity contribution in [2.75, 3.05) is 13.1 Å². The summed E-state index contributed by atoms with van der Waals surface area (Å²) in [4.78, 5) is 15.4. The summed E-state index contributed by atoms with van der Waals surface area (Å²) in [7, 11) is 0. The van der Waals surface area contributed by atoms with E-state index in [4.69, 9.17) is 0 Å². The summed E-state index contributed by atoms with van der Waals surface area (Å²) >= 11 is 0. The molecule has 6 heteroatoms. The first-order valence-electron chi connectivity index (χ1n) is 10.4. The van der Waals surface area contributed by atoms with E-state index in [0.717, 1.165) is 24.1 Å². The van der Waals surface area contributed by atoms with Crippen LogP contribution in [-0.2, 0) is 12.8 Å². The predicted octanol–water partition coefficient (Wildman–Crippen LogP) is 3.90. The van der Waals surface area contributed by atoms with Gasteiger partial charge in [-0.05, 0) is 65.1 Å². The molecule has 0 atom stereocenters. The van der Waals surface area contributed by atoms with Crippen molar-refractivity contribution >= 4 is 5.91 Å². The Morgan fingerprint density at radius 3 is 2.00 bits per heavy atom. The van der Waals surface area contributed by atoms with E-state index < -0.39 is 0 Å². The van der Waals surface area contributed by atoms with Crippen LogP contribution < -0.4 is 0 Å². The molecule has 0 saturated heterocycles. The van der Waals surface area contributed by atoms with Gasteiger partial charge >= 0.3 is 0 Å². The lowest BCUT2D eigenvalue weighted by atomic mass is 10.1. The normalized spacial score (nSPS) is 10.7. The summed E-state index contributed by atoms with van der Waals surface area (Å²) in [5.74, 6) is 0.0400. The molecule has 0 spiro atoms. The minimum absolute atomic E-state index is 0.0400. The summed E-state index contributed by atoms with van der Waals surface area (Å²) in [6.45, 7) is 3.30. The lowest BCUT2D eigenvalue weighted by molar-refractivity contribution is 0.0759. The van der Waals surface area contributed by atoms with Gasteiger partial charge < -0.3 is 4.90 Å². The second-order valence-electron chi connectivity index (χ2n) is 7.52. The van der Waals surface area contributed by atoms with E-state index in [2.05, 4.69) is 39.8 Å². The molecule has 3 aromatic carbocycles. The molecule has 0 aliphatic carbocycles. The molecular weight excluding hydrogens is 386 g/mol. The average Bonchev–Trinajstić information content (AvgIpc) is 3.35. The van der Waals surface area contributed by atoms with Crippen LogP contribution in [0.15, 0.2) is 85.2 Å². The highest BCUT2D eigenvalue weighted by atomic mass is 16.2. The SMILES string of the molecule is Cc1cc(C(=O)N(CCc2ccccc2)CCc2ccccc2)ccc1-n1cnnn1. The Labute approximate surface area is 182 Å². The van der Waals surface area contributed by atoms with Crippen molar-refractivity contribution < 1.29 is 4.79 Å². The van der Waals surface area contributed by atoms with Gasteiger partial charge in [-0.3, -0.25) is 4.79 Å². The zero-order valence-corrected chi connectivity index (χ0v) is 17.6. The third-order valence-electron chi connectivity index (χ3n) is 5.35. The second kappa shape index (κ2) is 9.80. The van der Waals surface area contributed by atoms with E-state index in [9.17, 15) is 4.79 Å². The maximum absolute atomic E-state index is 13.4. The van der Waals surface area contributed by atoms with Crippen LogP contribution in [0.4, 0.5) is 0 Å². The highest BCUT2D eigenvalue weighted by Crippen LogP contribution is 2.17. The van der Waals surface area contributed by atoms with Crippen LogP contribution in [0.1, 0.15) is 27.0 Å². The molecule has 1 heterocycles. The lowest BCUT2D eigenvalue weighted by Crippen LogP contribution is -2.34. The van der Waals surface area contributed by atoms with Gasteiger partial charge in [-0.1, -0.05) is 60.7 Å². The first-order valence-corrected chi connectivity index (χ1v) is 10.4. The third kappa shape index (κ3) is 5.22. The maximum atomic E-state index is 13.4. The summed E-state index contributed by atoms with van der Waals surface area (Å²) in [5, 5.41) is 11.3. The molecule has 0 aliphatic rings. The highest BCUT2D eigenvalue weighted by Gasteiger charge is 2.17. The molecule has 6 nitrogen and oxygen atoms in total. The van der Waals surface area contributed by atoms with Crippen molar-refractivity contribution in [2.24, 2.45) is 0 Å². The van der Waals surface area contributed by atoms with E-state index in [1.807, 2.05) is 66.4 Å². The highest BCUT2D eigenvalue weighted by molar-refractivity contribution is 5.94. The largest absolute Gasteiger partial charge is 0.338 e. The number of carbonyl (C=O) groups excluding carboxylic acids is 1. The van der Waals surface area contributed by atoms with Gasteiger partial charge in [-0.2, -0.15) is 0 Å². The van der Waals surface area contributed by atoms with Crippen molar-refractivity contribution in [3.63, 3.8) is 0 Å². The smallest absolute Gasteiger partial charge is 0.253 e. The number of carbonyl (C=O) groups is 1. The second-order valence-corrected chi connectivity index (χ2v) is 7.52. The molecule has 4 rings (SSSR count). The van der Waals surface area contributed by atoms with Crippen molar-refractivity contribution in [2.45, 2.75) is 19.8 Å². The summed E-state index contributed by atoms with van der Waals surface area (Å²) in [5.41, 5.74) is 4.94. The molecule has 156 valence electrons. The number of aromatic nitrogens is 4. The van der Waals surface area contributed by atoms with Crippen LogP contribution >= 0.6 is 0 Å². The standard InChI is InChI=1S/C25H25N5O/c1-20-18-23(12-13-24(20)30-19-26-27-28-30)25(31)29(16-14-21-8-4-2-5-9-21)17-15-22-10-6-3-7-11-22/h2-13,18-19H,14-17H2,1H3. The number of rotatable bonds is 8. The third-order valence-corrected chi connectivity index (χ3v) is 5.35. The van der Waals surface area contributed by atoms with Crippen LogP contribution in [-0.4, -0.2) is 44.1 Å². The quantitative estimate of drug-likeness (QED) is 0.441.